The van der Waals surface area contributed by atoms with Crippen LogP contribution in [0, 0.1) is 6.92 Å². The van der Waals surface area contributed by atoms with Crippen LogP contribution in [0.1, 0.15) is 23.3 Å². The molecular formula is C10H13BrN6. The molecule has 0 radical (unpaired) electrons. The Balaban J connectivity index is 2.47. The van der Waals surface area contributed by atoms with Gasteiger partial charge in [0.2, 0.25) is 0 Å². The maximum absolute atomic E-state index is 5.61. The van der Waals surface area contributed by atoms with Gasteiger partial charge >= 0.3 is 0 Å². The molecule has 6 nitrogen and oxygen atoms in total. The van der Waals surface area contributed by atoms with Crippen LogP contribution in [0.4, 0.5) is 0 Å². The Bertz CT molecular complexity index is 504. The number of halogens is 1. The molecule has 1 atom stereocenters. The van der Waals surface area contributed by atoms with E-state index < -0.39 is 0 Å². The summed E-state index contributed by atoms with van der Waals surface area (Å²) in [5.41, 5.74) is 4.48. The molecule has 1 unspecified atom stereocenters. The minimum absolute atomic E-state index is 0.224. The molecule has 0 bridgehead atoms. The van der Waals surface area contributed by atoms with Crippen molar-refractivity contribution in [2.75, 3.05) is 0 Å². The molecule has 2 rings (SSSR count). The largest absolute Gasteiger partial charge is 0.270 e. The van der Waals surface area contributed by atoms with Crippen LogP contribution in [-0.4, -0.2) is 19.7 Å². The molecule has 0 fully saturated rings. The molecule has 0 aliphatic rings. The third-order valence-corrected chi connectivity index (χ3v) is 3.08. The summed E-state index contributed by atoms with van der Waals surface area (Å²) in [7, 11) is 1.86. The highest BCUT2D eigenvalue weighted by molar-refractivity contribution is 9.10. The van der Waals surface area contributed by atoms with E-state index >= 15 is 0 Å². The zero-order valence-corrected chi connectivity index (χ0v) is 11.1. The number of hydrazine groups is 1. The van der Waals surface area contributed by atoms with Crippen molar-refractivity contribution in [1.82, 2.24) is 25.2 Å². The molecule has 7 heteroatoms. The Morgan fingerprint density at radius 2 is 2.29 bits per heavy atom. The average Bonchev–Trinajstić information content (AvgIpc) is 2.62. The number of nitrogens with two attached hydrogens (primary N) is 1. The quantitative estimate of drug-likeness (QED) is 0.648. The average molecular weight is 297 g/mol. The van der Waals surface area contributed by atoms with Crippen molar-refractivity contribution < 1.29 is 0 Å². The Labute approximate surface area is 107 Å². The van der Waals surface area contributed by atoms with Crippen LogP contribution in [0.2, 0.25) is 0 Å². The highest BCUT2D eigenvalue weighted by Gasteiger charge is 2.20. The van der Waals surface area contributed by atoms with Gasteiger partial charge in [0.05, 0.1) is 22.1 Å². The predicted octanol–water partition coefficient (Wildman–Crippen LogP) is 0.834. The van der Waals surface area contributed by atoms with Gasteiger partial charge in [-0.15, -0.1) is 0 Å². The molecule has 17 heavy (non-hydrogen) atoms. The molecule has 90 valence electrons. The van der Waals surface area contributed by atoms with E-state index in [0.29, 0.717) is 5.82 Å². The molecule has 0 saturated heterocycles. The van der Waals surface area contributed by atoms with Gasteiger partial charge in [0, 0.05) is 13.2 Å². The van der Waals surface area contributed by atoms with Crippen LogP contribution < -0.4 is 11.3 Å². The number of hydrogen-bond acceptors (Lipinski definition) is 5. The van der Waals surface area contributed by atoms with E-state index in [4.69, 9.17) is 5.84 Å². The molecule has 0 aliphatic heterocycles. The van der Waals surface area contributed by atoms with Crippen LogP contribution in [0.3, 0.4) is 0 Å². The van der Waals surface area contributed by atoms with E-state index in [1.165, 1.54) is 0 Å². The van der Waals surface area contributed by atoms with Crippen LogP contribution >= 0.6 is 15.9 Å². The number of nitrogens with one attached hydrogen (secondary N) is 1. The summed E-state index contributed by atoms with van der Waals surface area (Å²) < 4.78 is 2.64. The van der Waals surface area contributed by atoms with E-state index in [2.05, 4.69) is 36.4 Å². The van der Waals surface area contributed by atoms with E-state index in [1.807, 2.05) is 20.0 Å². The Morgan fingerprint density at radius 1 is 1.53 bits per heavy atom. The highest BCUT2D eigenvalue weighted by atomic mass is 79.9. The Hall–Kier alpha value is -1.31. The van der Waals surface area contributed by atoms with E-state index in [9.17, 15) is 0 Å². The molecule has 2 aromatic heterocycles. The Kier molecular flexibility index (Phi) is 3.51. The maximum atomic E-state index is 5.61. The van der Waals surface area contributed by atoms with Gasteiger partial charge < -0.3 is 0 Å². The normalized spacial score (nSPS) is 12.7. The lowest BCUT2D eigenvalue weighted by Gasteiger charge is -2.16. The maximum Gasteiger partial charge on any atom is 0.125 e. The predicted molar refractivity (Wildman–Crippen MR) is 66.8 cm³/mol. The molecule has 0 aliphatic carbocycles. The fourth-order valence-electron chi connectivity index (χ4n) is 1.68. The van der Waals surface area contributed by atoms with Gasteiger partial charge in [0.25, 0.3) is 0 Å². The second-order valence-corrected chi connectivity index (χ2v) is 4.48. The van der Waals surface area contributed by atoms with Crippen molar-refractivity contribution >= 4 is 15.9 Å². The summed E-state index contributed by atoms with van der Waals surface area (Å²) in [6.45, 7) is 1.84. The van der Waals surface area contributed by atoms with Crippen molar-refractivity contribution in [2.24, 2.45) is 12.9 Å². The molecule has 2 heterocycles. The number of aromatic nitrogens is 4. The van der Waals surface area contributed by atoms with E-state index in [-0.39, 0.29) is 6.04 Å². The van der Waals surface area contributed by atoms with Crippen LogP contribution in [0.5, 0.6) is 0 Å². The third-order valence-electron chi connectivity index (χ3n) is 2.47. The summed E-state index contributed by atoms with van der Waals surface area (Å²) in [6, 6.07) is 1.61. The zero-order valence-electron chi connectivity index (χ0n) is 9.55. The number of rotatable bonds is 3. The molecule has 0 amide bonds. The fraction of sp³-hybridized carbons (Fsp3) is 0.300. The van der Waals surface area contributed by atoms with Gasteiger partial charge in [0.1, 0.15) is 11.9 Å². The molecule has 3 N–H and O–H groups in total. The first kappa shape index (κ1) is 12.2. The molecule has 0 aromatic carbocycles. The second-order valence-electron chi connectivity index (χ2n) is 3.63. The van der Waals surface area contributed by atoms with Gasteiger partial charge in [-0.25, -0.2) is 15.4 Å². The van der Waals surface area contributed by atoms with Crippen molar-refractivity contribution in [2.45, 2.75) is 13.0 Å². The van der Waals surface area contributed by atoms with Gasteiger partial charge in [-0.2, -0.15) is 5.10 Å². The zero-order chi connectivity index (χ0) is 12.4. The minimum atomic E-state index is -0.224. The van der Waals surface area contributed by atoms with Crippen molar-refractivity contribution in [3.05, 3.63) is 40.1 Å². The third kappa shape index (κ3) is 2.36. The van der Waals surface area contributed by atoms with Crippen LogP contribution in [0.15, 0.2) is 22.9 Å². The monoisotopic (exact) mass is 296 g/mol. The lowest BCUT2D eigenvalue weighted by atomic mass is 10.1. The van der Waals surface area contributed by atoms with Gasteiger partial charge in [-0.3, -0.25) is 10.5 Å². The molecule has 2 aromatic rings. The second kappa shape index (κ2) is 4.91. The van der Waals surface area contributed by atoms with E-state index in [0.717, 1.165) is 15.9 Å². The smallest absolute Gasteiger partial charge is 0.125 e. The SMILES string of the molecule is Cc1nccc(C(NN)c2c(Br)cnn2C)n1. The first-order chi connectivity index (χ1) is 8.13. The first-order valence-corrected chi connectivity index (χ1v) is 5.86. The Morgan fingerprint density at radius 3 is 2.82 bits per heavy atom. The number of hydrogen-bond donors (Lipinski definition) is 2. The minimum Gasteiger partial charge on any atom is -0.270 e. The summed E-state index contributed by atoms with van der Waals surface area (Å²) in [4.78, 5) is 8.44. The van der Waals surface area contributed by atoms with E-state index in [1.54, 1.807) is 17.1 Å². The summed E-state index contributed by atoms with van der Waals surface area (Å²) in [6.07, 6.45) is 3.44. The van der Waals surface area contributed by atoms with Gasteiger partial charge in [0.15, 0.2) is 0 Å². The molecular weight excluding hydrogens is 284 g/mol. The van der Waals surface area contributed by atoms with Crippen molar-refractivity contribution in [3.63, 3.8) is 0 Å². The number of aryl methyl sites for hydroxylation is 2. The highest BCUT2D eigenvalue weighted by Crippen LogP contribution is 2.26. The summed E-state index contributed by atoms with van der Waals surface area (Å²) >= 11 is 3.45. The summed E-state index contributed by atoms with van der Waals surface area (Å²) in [5, 5.41) is 4.16. The van der Waals surface area contributed by atoms with Gasteiger partial charge in [-0.05, 0) is 28.9 Å². The lowest BCUT2D eigenvalue weighted by Crippen LogP contribution is -2.31. The molecule has 0 spiro atoms. The van der Waals surface area contributed by atoms with Crippen molar-refractivity contribution in [3.8, 4) is 0 Å². The van der Waals surface area contributed by atoms with Crippen LogP contribution in [-0.2, 0) is 7.05 Å². The summed E-state index contributed by atoms with van der Waals surface area (Å²) in [5.74, 6) is 6.32. The topological polar surface area (TPSA) is 81.6 Å². The van der Waals surface area contributed by atoms with Crippen molar-refractivity contribution in [1.29, 1.82) is 0 Å². The number of nitrogens with zero attached hydrogens (tertiary/aromatic N) is 4. The van der Waals surface area contributed by atoms with Gasteiger partial charge in [-0.1, -0.05) is 0 Å². The fourth-order valence-corrected chi connectivity index (χ4v) is 2.26. The first-order valence-electron chi connectivity index (χ1n) is 5.06. The molecule has 0 saturated carbocycles. The lowest BCUT2D eigenvalue weighted by molar-refractivity contribution is 0.559. The van der Waals surface area contributed by atoms with Crippen LogP contribution in [0.25, 0.3) is 0 Å². The standard InChI is InChI=1S/C10H13BrN6/c1-6-13-4-3-8(15-6)9(16-12)10-7(11)5-14-17(10)2/h3-5,9,16H,12H2,1-2H3.